The van der Waals surface area contributed by atoms with E-state index in [2.05, 4.69) is 5.10 Å². The fraction of sp³-hybridized carbons (Fsp3) is 0.421. The maximum Gasteiger partial charge on any atom is 0.224 e. The largest absolute Gasteiger partial charge is 0.338 e. The van der Waals surface area contributed by atoms with Crippen LogP contribution in [-0.2, 0) is 16.1 Å². The van der Waals surface area contributed by atoms with Gasteiger partial charge in [-0.05, 0) is 18.6 Å². The van der Waals surface area contributed by atoms with Crippen LogP contribution >= 0.6 is 0 Å². The van der Waals surface area contributed by atoms with Gasteiger partial charge in [0.05, 0.1) is 11.7 Å². The van der Waals surface area contributed by atoms with Gasteiger partial charge in [-0.1, -0.05) is 30.3 Å². The lowest BCUT2D eigenvalue weighted by molar-refractivity contribution is -0.142. The molecule has 2 aromatic rings. The number of rotatable bonds is 4. The minimum Gasteiger partial charge on any atom is -0.338 e. The molecule has 3 rings (SSSR count). The second kappa shape index (κ2) is 7.51. The maximum absolute atomic E-state index is 12.6. The lowest BCUT2D eigenvalue weighted by Gasteiger charge is -2.41. The molecule has 1 aromatic carbocycles. The number of carbonyl (C=O) groups excluding carboxylic acids is 2. The molecule has 6 nitrogen and oxygen atoms in total. The first-order valence-corrected chi connectivity index (χ1v) is 8.64. The Morgan fingerprint density at radius 3 is 2.56 bits per heavy atom. The molecule has 0 aliphatic carbocycles. The van der Waals surface area contributed by atoms with Crippen LogP contribution in [0.1, 0.15) is 30.6 Å². The van der Waals surface area contributed by atoms with Crippen molar-refractivity contribution in [2.45, 2.75) is 32.9 Å². The molecule has 0 N–H and O–H groups in total. The van der Waals surface area contributed by atoms with Crippen LogP contribution in [0.4, 0.5) is 0 Å². The molecule has 1 aromatic heterocycles. The third-order valence-corrected chi connectivity index (χ3v) is 4.65. The summed E-state index contributed by atoms with van der Waals surface area (Å²) in [5.74, 6) is 0.158. The average Bonchev–Trinajstić information content (AvgIpc) is 3.05. The summed E-state index contributed by atoms with van der Waals surface area (Å²) in [6.45, 7) is 5.80. The van der Waals surface area contributed by atoms with Gasteiger partial charge in [-0.3, -0.25) is 14.3 Å². The van der Waals surface area contributed by atoms with Crippen LogP contribution in [0.3, 0.4) is 0 Å². The zero-order chi connectivity index (χ0) is 17.8. The van der Waals surface area contributed by atoms with E-state index in [0.29, 0.717) is 32.6 Å². The number of amides is 2. The lowest BCUT2D eigenvalue weighted by Crippen LogP contribution is -2.51. The molecule has 0 radical (unpaired) electrons. The van der Waals surface area contributed by atoms with Crippen molar-refractivity contribution in [2.24, 2.45) is 0 Å². The van der Waals surface area contributed by atoms with E-state index in [-0.39, 0.29) is 17.9 Å². The van der Waals surface area contributed by atoms with Crippen molar-refractivity contribution in [3.05, 3.63) is 53.9 Å². The topological polar surface area (TPSA) is 58.4 Å². The number of aromatic nitrogens is 2. The summed E-state index contributed by atoms with van der Waals surface area (Å²) in [5, 5.41) is 4.32. The van der Waals surface area contributed by atoms with Crippen molar-refractivity contribution >= 4 is 11.8 Å². The number of carbonyl (C=O) groups is 2. The van der Waals surface area contributed by atoms with Crippen LogP contribution in [0.2, 0.25) is 0 Å². The van der Waals surface area contributed by atoms with E-state index < -0.39 is 0 Å². The number of hydrogen-bond donors (Lipinski definition) is 0. The molecule has 0 saturated carbocycles. The highest BCUT2D eigenvalue weighted by molar-refractivity contribution is 5.78. The van der Waals surface area contributed by atoms with Gasteiger partial charge >= 0.3 is 0 Å². The van der Waals surface area contributed by atoms with E-state index in [0.717, 1.165) is 11.3 Å². The highest BCUT2D eigenvalue weighted by Crippen LogP contribution is 2.25. The molecule has 0 bridgehead atoms. The molecule has 6 heteroatoms. The predicted octanol–water partition coefficient (Wildman–Crippen LogP) is 2.01. The second-order valence-corrected chi connectivity index (χ2v) is 6.45. The zero-order valence-electron chi connectivity index (χ0n) is 14.8. The normalized spacial score (nSPS) is 17.6. The van der Waals surface area contributed by atoms with Gasteiger partial charge in [-0.25, -0.2) is 0 Å². The number of benzene rings is 1. The standard InChI is InChI=1S/C19H24N4O2/c1-15-8-10-22(20-15)11-9-19(25)21-12-13-23(16(2)24)18(14-21)17-6-4-3-5-7-17/h3-8,10,18H,9,11-14H2,1-2H3/t18-/m1/s1. The summed E-state index contributed by atoms with van der Waals surface area (Å²) >= 11 is 0. The van der Waals surface area contributed by atoms with Crippen LogP contribution in [0.25, 0.3) is 0 Å². The van der Waals surface area contributed by atoms with Crippen molar-refractivity contribution in [2.75, 3.05) is 19.6 Å². The minimum absolute atomic E-state index is 0.0490. The van der Waals surface area contributed by atoms with Gasteiger partial charge in [0.15, 0.2) is 0 Å². The Labute approximate surface area is 148 Å². The minimum atomic E-state index is -0.0802. The third-order valence-electron chi connectivity index (χ3n) is 4.65. The highest BCUT2D eigenvalue weighted by atomic mass is 16.2. The summed E-state index contributed by atoms with van der Waals surface area (Å²) < 4.78 is 1.80. The monoisotopic (exact) mass is 340 g/mol. The SMILES string of the molecule is CC(=O)N1CCN(C(=O)CCn2ccc(C)n2)C[C@@H]1c1ccccc1. The van der Waals surface area contributed by atoms with E-state index in [4.69, 9.17) is 0 Å². The number of hydrogen-bond acceptors (Lipinski definition) is 3. The maximum atomic E-state index is 12.6. The fourth-order valence-corrected chi connectivity index (χ4v) is 3.30. The molecule has 25 heavy (non-hydrogen) atoms. The van der Waals surface area contributed by atoms with E-state index >= 15 is 0 Å². The van der Waals surface area contributed by atoms with E-state index in [1.807, 2.05) is 59.3 Å². The van der Waals surface area contributed by atoms with Gasteiger partial charge in [0.1, 0.15) is 0 Å². The molecule has 132 valence electrons. The van der Waals surface area contributed by atoms with Gasteiger partial charge < -0.3 is 9.80 Å². The third kappa shape index (κ3) is 4.07. The molecule has 2 amide bonds. The van der Waals surface area contributed by atoms with Crippen LogP contribution in [0.5, 0.6) is 0 Å². The molecular weight excluding hydrogens is 316 g/mol. The van der Waals surface area contributed by atoms with Crippen molar-refractivity contribution in [3.8, 4) is 0 Å². The molecule has 1 aliphatic heterocycles. The van der Waals surface area contributed by atoms with E-state index in [1.54, 1.807) is 11.6 Å². The predicted molar refractivity (Wildman–Crippen MR) is 94.7 cm³/mol. The molecule has 0 unspecified atom stereocenters. The highest BCUT2D eigenvalue weighted by Gasteiger charge is 2.31. The summed E-state index contributed by atoms with van der Waals surface area (Å²) in [6, 6.07) is 11.8. The second-order valence-electron chi connectivity index (χ2n) is 6.45. The Bertz CT molecular complexity index is 741. The Hall–Kier alpha value is -2.63. The van der Waals surface area contributed by atoms with Crippen LogP contribution in [0, 0.1) is 6.92 Å². The summed E-state index contributed by atoms with van der Waals surface area (Å²) in [4.78, 5) is 28.3. The Kier molecular flexibility index (Phi) is 5.16. The molecule has 0 spiro atoms. The first-order chi connectivity index (χ1) is 12.0. The van der Waals surface area contributed by atoms with E-state index in [9.17, 15) is 9.59 Å². The molecule has 1 saturated heterocycles. The molecular formula is C19H24N4O2. The summed E-state index contributed by atoms with van der Waals surface area (Å²) in [7, 11) is 0. The van der Waals surface area contributed by atoms with Crippen molar-refractivity contribution in [1.29, 1.82) is 0 Å². The lowest BCUT2D eigenvalue weighted by atomic mass is 10.0. The summed E-state index contributed by atoms with van der Waals surface area (Å²) in [6.07, 6.45) is 2.31. The fourth-order valence-electron chi connectivity index (χ4n) is 3.30. The number of piperazine rings is 1. The van der Waals surface area contributed by atoms with Crippen LogP contribution in [-0.4, -0.2) is 51.0 Å². The van der Waals surface area contributed by atoms with Crippen molar-refractivity contribution < 1.29 is 9.59 Å². The summed E-state index contributed by atoms with van der Waals surface area (Å²) in [5.41, 5.74) is 2.02. The number of nitrogens with zero attached hydrogens (tertiary/aromatic N) is 4. The molecule has 1 atom stereocenters. The van der Waals surface area contributed by atoms with Gasteiger partial charge in [-0.15, -0.1) is 0 Å². The Balaban J connectivity index is 1.66. The zero-order valence-corrected chi connectivity index (χ0v) is 14.8. The quantitative estimate of drug-likeness (QED) is 0.855. The molecule has 1 aliphatic rings. The van der Waals surface area contributed by atoms with Gasteiger partial charge in [0, 0.05) is 45.7 Å². The molecule has 1 fully saturated rings. The smallest absolute Gasteiger partial charge is 0.224 e. The Morgan fingerprint density at radius 1 is 1.16 bits per heavy atom. The van der Waals surface area contributed by atoms with Crippen molar-refractivity contribution in [1.82, 2.24) is 19.6 Å². The van der Waals surface area contributed by atoms with Gasteiger partial charge in [-0.2, -0.15) is 5.10 Å². The first kappa shape index (κ1) is 17.2. The van der Waals surface area contributed by atoms with Gasteiger partial charge in [0.25, 0.3) is 0 Å². The first-order valence-electron chi connectivity index (χ1n) is 8.64. The average molecular weight is 340 g/mol. The number of aryl methyl sites for hydroxylation is 2. The van der Waals surface area contributed by atoms with Crippen LogP contribution < -0.4 is 0 Å². The van der Waals surface area contributed by atoms with Gasteiger partial charge in [0.2, 0.25) is 11.8 Å². The molecule has 2 heterocycles. The Morgan fingerprint density at radius 2 is 1.92 bits per heavy atom. The van der Waals surface area contributed by atoms with Crippen LogP contribution in [0.15, 0.2) is 42.6 Å². The van der Waals surface area contributed by atoms with Crippen molar-refractivity contribution in [3.63, 3.8) is 0 Å². The van der Waals surface area contributed by atoms with E-state index in [1.165, 1.54) is 0 Å².